The zero-order valence-electron chi connectivity index (χ0n) is 15.4. The Morgan fingerprint density at radius 3 is 2.75 bits per heavy atom. The van der Waals surface area contributed by atoms with E-state index in [1.807, 2.05) is 36.3 Å². The van der Waals surface area contributed by atoms with Crippen molar-refractivity contribution in [2.75, 3.05) is 36.5 Å². The van der Waals surface area contributed by atoms with E-state index < -0.39 is 5.97 Å². The summed E-state index contributed by atoms with van der Waals surface area (Å²) in [6, 6.07) is 7.33. The number of anilines is 2. The highest BCUT2D eigenvalue weighted by atomic mass is 79.9. The Morgan fingerprint density at radius 2 is 2.07 bits per heavy atom. The molecule has 0 unspecified atom stereocenters. The number of benzene rings is 1. The second-order valence-corrected chi connectivity index (χ2v) is 7.43. The minimum absolute atomic E-state index is 0.0289. The van der Waals surface area contributed by atoms with Crippen molar-refractivity contribution >= 4 is 50.1 Å². The number of piperazine rings is 1. The van der Waals surface area contributed by atoms with Crippen LogP contribution in [0, 0.1) is 0 Å². The van der Waals surface area contributed by atoms with Gasteiger partial charge in [-0.3, -0.25) is 9.48 Å². The lowest BCUT2D eigenvalue weighted by atomic mass is 10.1. The number of carbonyl (C=O) groups is 2. The Hall–Kier alpha value is -2.94. The summed E-state index contributed by atoms with van der Waals surface area (Å²) in [5, 5.41) is 5.00. The van der Waals surface area contributed by atoms with E-state index in [1.165, 1.54) is 7.11 Å². The zero-order valence-corrected chi connectivity index (χ0v) is 17.0. The first-order valence-electron chi connectivity index (χ1n) is 8.69. The van der Waals surface area contributed by atoms with Gasteiger partial charge in [0.1, 0.15) is 0 Å². The molecule has 1 fully saturated rings. The highest BCUT2D eigenvalue weighted by Gasteiger charge is 2.28. The van der Waals surface area contributed by atoms with Gasteiger partial charge in [0, 0.05) is 41.9 Å². The highest BCUT2D eigenvalue weighted by Crippen LogP contribution is 2.31. The minimum Gasteiger partial charge on any atom is -0.464 e. The van der Waals surface area contributed by atoms with Gasteiger partial charge < -0.3 is 14.5 Å². The maximum absolute atomic E-state index is 12.8. The van der Waals surface area contributed by atoms with E-state index in [0.29, 0.717) is 18.6 Å². The second-order valence-electron chi connectivity index (χ2n) is 6.52. The van der Waals surface area contributed by atoms with Crippen molar-refractivity contribution < 1.29 is 14.3 Å². The SMILES string of the molecule is COC(=O)c1cc(N2CCN(c3cnn(C)c3)C(=O)C2)c2cc(Br)ccc2n1. The van der Waals surface area contributed by atoms with Crippen molar-refractivity contribution in [1.29, 1.82) is 0 Å². The molecule has 2 aromatic heterocycles. The van der Waals surface area contributed by atoms with Gasteiger partial charge in [0.15, 0.2) is 5.69 Å². The molecule has 0 radical (unpaired) electrons. The van der Waals surface area contributed by atoms with Crippen LogP contribution in [0.1, 0.15) is 10.5 Å². The van der Waals surface area contributed by atoms with Gasteiger partial charge >= 0.3 is 5.97 Å². The molecule has 144 valence electrons. The van der Waals surface area contributed by atoms with Crippen molar-refractivity contribution in [2.45, 2.75) is 0 Å². The first kappa shape index (κ1) is 18.4. The first-order valence-corrected chi connectivity index (χ1v) is 9.48. The summed E-state index contributed by atoms with van der Waals surface area (Å²) in [6.45, 7) is 1.34. The Labute approximate surface area is 169 Å². The van der Waals surface area contributed by atoms with E-state index in [4.69, 9.17) is 4.74 Å². The number of carbonyl (C=O) groups excluding carboxylic acids is 2. The molecular weight excluding hydrogens is 426 g/mol. The molecule has 1 aromatic carbocycles. The van der Waals surface area contributed by atoms with E-state index in [2.05, 4.69) is 26.0 Å². The predicted molar refractivity (Wildman–Crippen MR) is 109 cm³/mol. The Bertz CT molecular complexity index is 1080. The number of hydrogen-bond donors (Lipinski definition) is 0. The summed E-state index contributed by atoms with van der Waals surface area (Å²) in [5.41, 5.74) is 2.45. The fourth-order valence-corrected chi connectivity index (χ4v) is 3.71. The van der Waals surface area contributed by atoms with E-state index in [-0.39, 0.29) is 18.1 Å². The number of halogens is 1. The van der Waals surface area contributed by atoms with Crippen LogP contribution in [0.2, 0.25) is 0 Å². The summed E-state index contributed by atoms with van der Waals surface area (Å²) >= 11 is 3.48. The minimum atomic E-state index is -0.508. The van der Waals surface area contributed by atoms with Crippen LogP contribution in [0.15, 0.2) is 41.1 Å². The number of aromatic nitrogens is 3. The maximum atomic E-state index is 12.8. The third-order valence-corrected chi connectivity index (χ3v) is 5.20. The molecule has 0 bridgehead atoms. The van der Waals surface area contributed by atoms with Crippen LogP contribution in [-0.4, -0.2) is 53.4 Å². The van der Waals surface area contributed by atoms with E-state index in [9.17, 15) is 9.59 Å². The van der Waals surface area contributed by atoms with Crippen LogP contribution in [0.5, 0.6) is 0 Å². The molecule has 9 heteroatoms. The van der Waals surface area contributed by atoms with E-state index in [1.54, 1.807) is 21.8 Å². The zero-order chi connectivity index (χ0) is 19.8. The quantitative estimate of drug-likeness (QED) is 0.578. The third kappa shape index (κ3) is 3.33. The molecule has 4 rings (SSSR count). The normalized spacial score (nSPS) is 14.6. The fourth-order valence-electron chi connectivity index (χ4n) is 3.35. The number of aryl methyl sites for hydroxylation is 1. The molecule has 1 aliphatic rings. The predicted octanol–water partition coefficient (Wildman–Crippen LogP) is 2.37. The molecule has 1 amide bonds. The molecule has 28 heavy (non-hydrogen) atoms. The number of amides is 1. The average Bonchev–Trinajstić information content (AvgIpc) is 3.12. The fraction of sp³-hybridized carbons (Fsp3) is 0.263. The van der Waals surface area contributed by atoms with Gasteiger partial charge in [0.2, 0.25) is 5.91 Å². The lowest BCUT2D eigenvalue weighted by molar-refractivity contribution is -0.117. The summed E-state index contributed by atoms with van der Waals surface area (Å²) in [6.07, 6.45) is 3.50. The van der Waals surface area contributed by atoms with Crippen LogP contribution >= 0.6 is 15.9 Å². The monoisotopic (exact) mass is 443 g/mol. The standard InChI is InChI=1S/C19H18BrN5O3/c1-23-10-13(9-21-23)25-6-5-24(11-18(25)26)17-8-16(19(27)28-2)22-15-4-3-12(20)7-14(15)17/h3-4,7-10H,5-6,11H2,1-2H3. The number of pyridine rings is 1. The van der Waals surface area contributed by atoms with Crippen molar-refractivity contribution in [3.8, 4) is 0 Å². The molecule has 3 heterocycles. The Kier molecular flexibility index (Phi) is 4.76. The number of esters is 1. The Morgan fingerprint density at radius 1 is 1.25 bits per heavy atom. The van der Waals surface area contributed by atoms with Crippen LogP contribution in [-0.2, 0) is 16.6 Å². The summed E-state index contributed by atoms with van der Waals surface area (Å²) in [4.78, 5) is 33.0. The molecule has 0 atom stereocenters. The van der Waals surface area contributed by atoms with Crippen molar-refractivity contribution in [1.82, 2.24) is 14.8 Å². The molecule has 0 aliphatic carbocycles. The molecule has 1 saturated heterocycles. The summed E-state index contributed by atoms with van der Waals surface area (Å²) in [7, 11) is 3.14. The largest absolute Gasteiger partial charge is 0.464 e. The van der Waals surface area contributed by atoms with Crippen molar-refractivity contribution in [3.63, 3.8) is 0 Å². The number of ether oxygens (including phenoxy) is 1. The molecule has 0 spiro atoms. The van der Waals surface area contributed by atoms with E-state index >= 15 is 0 Å². The summed E-state index contributed by atoms with van der Waals surface area (Å²) < 4.78 is 7.41. The topological polar surface area (TPSA) is 80.6 Å². The van der Waals surface area contributed by atoms with Gasteiger partial charge in [0.05, 0.1) is 31.1 Å². The number of hydrogen-bond acceptors (Lipinski definition) is 6. The van der Waals surface area contributed by atoms with E-state index in [0.717, 1.165) is 21.2 Å². The third-order valence-electron chi connectivity index (χ3n) is 4.71. The highest BCUT2D eigenvalue weighted by molar-refractivity contribution is 9.10. The number of rotatable bonds is 3. The van der Waals surface area contributed by atoms with Gasteiger partial charge in [-0.15, -0.1) is 0 Å². The van der Waals surface area contributed by atoms with Crippen molar-refractivity contribution in [2.24, 2.45) is 7.05 Å². The van der Waals surface area contributed by atoms with Crippen molar-refractivity contribution in [3.05, 3.63) is 46.8 Å². The number of fused-ring (bicyclic) bond motifs is 1. The second kappa shape index (κ2) is 7.23. The van der Waals surface area contributed by atoms with Gasteiger partial charge in [-0.2, -0.15) is 5.10 Å². The molecule has 1 aliphatic heterocycles. The van der Waals surface area contributed by atoms with Crippen LogP contribution < -0.4 is 9.80 Å². The van der Waals surface area contributed by atoms with Gasteiger partial charge in [0.25, 0.3) is 0 Å². The Balaban J connectivity index is 1.71. The van der Waals surface area contributed by atoms with Gasteiger partial charge in [-0.05, 0) is 24.3 Å². The van der Waals surface area contributed by atoms with Gasteiger partial charge in [-0.1, -0.05) is 15.9 Å². The smallest absolute Gasteiger partial charge is 0.356 e. The van der Waals surface area contributed by atoms with Crippen LogP contribution in [0.25, 0.3) is 10.9 Å². The van der Waals surface area contributed by atoms with Crippen LogP contribution in [0.3, 0.4) is 0 Å². The first-order chi connectivity index (χ1) is 13.5. The molecule has 0 N–H and O–H groups in total. The lowest BCUT2D eigenvalue weighted by Gasteiger charge is -2.35. The molecule has 3 aromatic rings. The van der Waals surface area contributed by atoms with Gasteiger partial charge in [-0.25, -0.2) is 9.78 Å². The van der Waals surface area contributed by atoms with Crippen LogP contribution in [0.4, 0.5) is 11.4 Å². The molecule has 8 nitrogen and oxygen atoms in total. The lowest BCUT2D eigenvalue weighted by Crippen LogP contribution is -2.50. The number of nitrogens with zero attached hydrogens (tertiary/aromatic N) is 5. The number of methoxy groups -OCH3 is 1. The molecule has 0 saturated carbocycles. The maximum Gasteiger partial charge on any atom is 0.356 e. The molecular formula is C19H18BrN5O3. The summed E-state index contributed by atoms with van der Waals surface area (Å²) in [5.74, 6) is -0.537. The average molecular weight is 444 g/mol.